The third kappa shape index (κ3) is 4.00. The summed E-state index contributed by atoms with van der Waals surface area (Å²) in [5.41, 5.74) is 2.23. The van der Waals surface area contributed by atoms with E-state index in [1.54, 1.807) is 6.07 Å². The zero-order chi connectivity index (χ0) is 18.2. The molecule has 0 amide bonds. The van der Waals surface area contributed by atoms with Crippen molar-refractivity contribution in [3.05, 3.63) is 64.1 Å². The number of hydrogen-bond acceptors (Lipinski definition) is 3. The van der Waals surface area contributed by atoms with Crippen molar-refractivity contribution in [2.45, 2.75) is 37.6 Å². The van der Waals surface area contributed by atoms with Gasteiger partial charge in [-0.1, -0.05) is 29.8 Å². The van der Waals surface area contributed by atoms with E-state index in [1.807, 2.05) is 45.0 Å². The Bertz CT molecular complexity index is 1060. The Balaban J connectivity index is 1.85. The van der Waals surface area contributed by atoms with E-state index in [9.17, 15) is 13.2 Å². The van der Waals surface area contributed by atoms with E-state index in [4.69, 9.17) is 0 Å². The zero-order valence-corrected chi connectivity index (χ0v) is 15.2. The first-order valence-corrected chi connectivity index (χ1v) is 9.45. The Morgan fingerprint density at radius 3 is 2.32 bits per heavy atom. The SMILES string of the molecule is Cc1ccc(CC(C)(C)NS(=O)(=O)c2ccc3[nH]c(=O)[nH]c3c2)cc1. The van der Waals surface area contributed by atoms with E-state index >= 15 is 0 Å². The Labute approximate surface area is 146 Å². The highest BCUT2D eigenvalue weighted by Crippen LogP contribution is 2.20. The number of imidazole rings is 1. The molecule has 0 radical (unpaired) electrons. The van der Waals surface area contributed by atoms with Gasteiger partial charge >= 0.3 is 5.69 Å². The van der Waals surface area contributed by atoms with Crippen LogP contribution in [0.3, 0.4) is 0 Å². The molecule has 0 saturated heterocycles. The molecule has 0 atom stereocenters. The van der Waals surface area contributed by atoms with E-state index in [2.05, 4.69) is 14.7 Å². The van der Waals surface area contributed by atoms with Gasteiger partial charge in [-0.25, -0.2) is 17.9 Å². The summed E-state index contributed by atoms with van der Waals surface area (Å²) in [5, 5.41) is 0. The molecule has 0 aliphatic carbocycles. The number of aryl methyl sites for hydroxylation is 1. The maximum absolute atomic E-state index is 12.7. The quantitative estimate of drug-likeness (QED) is 0.653. The van der Waals surface area contributed by atoms with Crippen LogP contribution in [0.1, 0.15) is 25.0 Å². The van der Waals surface area contributed by atoms with Crippen LogP contribution in [0.15, 0.2) is 52.2 Å². The molecule has 0 saturated carbocycles. The van der Waals surface area contributed by atoms with Crippen LogP contribution >= 0.6 is 0 Å². The van der Waals surface area contributed by atoms with Gasteiger partial charge < -0.3 is 9.97 Å². The first-order chi connectivity index (χ1) is 11.6. The van der Waals surface area contributed by atoms with Gasteiger partial charge in [0.2, 0.25) is 10.0 Å². The van der Waals surface area contributed by atoms with E-state index < -0.39 is 15.6 Å². The number of hydrogen-bond donors (Lipinski definition) is 3. The lowest BCUT2D eigenvalue weighted by Crippen LogP contribution is -2.44. The van der Waals surface area contributed by atoms with Gasteiger partial charge in [0.1, 0.15) is 0 Å². The maximum Gasteiger partial charge on any atom is 0.323 e. The van der Waals surface area contributed by atoms with Gasteiger partial charge in [0, 0.05) is 5.54 Å². The molecule has 1 aromatic heterocycles. The van der Waals surface area contributed by atoms with E-state index in [-0.39, 0.29) is 10.6 Å². The molecule has 25 heavy (non-hydrogen) atoms. The molecule has 1 heterocycles. The predicted octanol–water partition coefficient (Wildman–Crippen LogP) is 2.46. The van der Waals surface area contributed by atoms with Crippen molar-refractivity contribution >= 4 is 21.1 Å². The summed E-state index contributed by atoms with van der Waals surface area (Å²) in [5.74, 6) is 0. The van der Waals surface area contributed by atoms with Crippen molar-refractivity contribution in [3.8, 4) is 0 Å². The maximum atomic E-state index is 12.7. The van der Waals surface area contributed by atoms with Gasteiger partial charge in [-0.3, -0.25) is 0 Å². The minimum atomic E-state index is -3.71. The Morgan fingerprint density at radius 2 is 1.64 bits per heavy atom. The molecule has 7 heteroatoms. The molecule has 0 unspecified atom stereocenters. The molecule has 3 aromatic rings. The topological polar surface area (TPSA) is 94.8 Å². The number of sulfonamides is 1. The number of nitrogens with one attached hydrogen (secondary N) is 3. The Morgan fingerprint density at radius 1 is 1.00 bits per heavy atom. The van der Waals surface area contributed by atoms with Crippen molar-refractivity contribution in [3.63, 3.8) is 0 Å². The van der Waals surface area contributed by atoms with Crippen LogP contribution in [-0.4, -0.2) is 23.9 Å². The second kappa shape index (κ2) is 6.16. The average Bonchev–Trinajstić information content (AvgIpc) is 2.87. The summed E-state index contributed by atoms with van der Waals surface area (Å²) in [6, 6.07) is 12.5. The number of rotatable bonds is 5. The van der Waals surface area contributed by atoms with Crippen molar-refractivity contribution in [2.24, 2.45) is 0 Å². The van der Waals surface area contributed by atoms with Crippen LogP contribution < -0.4 is 10.4 Å². The van der Waals surface area contributed by atoms with Crippen molar-refractivity contribution in [1.29, 1.82) is 0 Å². The lowest BCUT2D eigenvalue weighted by molar-refractivity contribution is 0.450. The predicted molar refractivity (Wildman–Crippen MR) is 98.2 cm³/mol. The molecule has 0 aliphatic rings. The number of fused-ring (bicyclic) bond motifs is 1. The van der Waals surface area contributed by atoms with Crippen LogP contribution in [0.25, 0.3) is 11.0 Å². The summed E-state index contributed by atoms with van der Waals surface area (Å²) < 4.78 is 28.2. The molecular formula is C18H21N3O3S. The summed E-state index contributed by atoms with van der Waals surface area (Å²) in [6.45, 7) is 5.71. The lowest BCUT2D eigenvalue weighted by atomic mass is 9.96. The van der Waals surface area contributed by atoms with Gasteiger partial charge in [-0.15, -0.1) is 0 Å². The average molecular weight is 359 g/mol. The highest BCUT2D eigenvalue weighted by Gasteiger charge is 2.26. The molecule has 2 aromatic carbocycles. The highest BCUT2D eigenvalue weighted by molar-refractivity contribution is 7.89. The highest BCUT2D eigenvalue weighted by atomic mass is 32.2. The third-order valence-electron chi connectivity index (χ3n) is 3.98. The Hall–Kier alpha value is -2.38. The Kier molecular flexibility index (Phi) is 4.30. The van der Waals surface area contributed by atoms with Crippen molar-refractivity contribution in [1.82, 2.24) is 14.7 Å². The summed E-state index contributed by atoms with van der Waals surface area (Å²) >= 11 is 0. The lowest BCUT2D eigenvalue weighted by Gasteiger charge is -2.26. The number of aromatic nitrogens is 2. The van der Waals surface area contributed by atoms with Gasteiger partial charge in [0.15, 0.2) is 0 Å². The summed E-state index contributed by atoms with van der Waals surface area (Å²) in [6.07, 6.45) is 0.565. The fourth-order valence-corrected chi connectivity index (χ4v) is 4.29. The van der Waals surface area contributed by atoms with Gasteiger partial charge in [-0.2, -0.15) is 0 Å². The van der Waals surface area contributed by atoms with E-state index in [0.29, 0.717) is 17.5 Å². The molecule has 0 bridgehead atoms. The zero-order valence-electron chi connectivity index (χ0n) is 14.4. The summed E-state index contributed by atoms with van der Waals surface area (Å²) in [7, 11) is -3.71. The second-order valence-corrected chi connectivity index (χ2v) is 8.62. The van der Waals surface area contributed by atoms with Gasteiger partial charge in [0.25, 0.3) is 0 Å². The van der Waals surface area contributed by atoms with Crippen LogP contribution in [0, 0.1) is 6.92 Å². The minimum Gasteiger partial charge on any atom is -0.306 e. The molecule has 6 nitrogen and oxygen atoms in total. The molecule has 0 fully saturated rings. The number of benzene rings is 2. The number of aromatic amines is 2. The van der Waals surface area contributed by atoms with Crippen molar-refractivity contribution in [2.75, 3.05) is 0 Å². The third-order valence-corrected chi connectivity index (χ3v) is 5.67. The van der Waals surface area contributed by atoms with Crippen LogP contribution in [-0.2, 0) is 16.4 Å². The molecule has 0 spiro atoms. The second-order valence-electron chi connectivity index (χ2n) is 6.94. The number of H-pyrrole nitrogens is 2. The summed E-state index contributed by atoms with van der Waals surface area (Å²) in [4.78, 5) is 16.6. The first kappa shape index (κ1) is 17.4. The fourth-order valence-electron chi connectivity index (χ4n) is 2.85. The molecular weight excluding hydrogens is 338 g/mol. The monoisotopic (exact) mass is 359 g/mol. The standard InChI is InChI=1S/C18H21N3O3S/c1-12-4-6-13(7-5-12)11-18(2,3)21-25(23,24)14-8-9-15-16(10-14)20-17(22)19-15/h4-10,21H,11H2,1-3H3,(H2,19,20,22). The fraction of sp³-hybridized carbons (Fsp3) is 0.278. The molecule has 3 N–H and O–H groups in total. The molecule has 0 aliphatic heterocycles. The van der Waals surface area contributed by atoms with Crippen molar-refractivity contribution < 1.29 is 8.42 Å². The smallest absolute Gasteiger partial charge is 0.306 e. The van der Waals surface area contributed by atoms with E-state index in [1.165, 1.54) is 12.1 Å². The minimum absolute atomic E-state index is 0.118. The largest absolute Gasteiger partial charge is 0.323 e. The van der Waals surface area contributed by atoms with E-state index in [0.717, 1.165) is 11.1 Å². The van der Waals surface area contributed by atoms with Crippen LogP contribution in [0.5, 0.6) is 0 Å². The van der Waals surface area contributed by atoms with Gasteiger partial charge in [-0.05, 0) is 51.0 Å². The van der Waals surface area contributed by atoms with Crippen LogP contribution in [0.2, 0.25) is 0 Å². The van der Waals surface area contributed by atoms with Crippen LogP contribution in [0.4, 0.5) is 0 Å². The normalized spacial score (nSPS) is 12.6. The first-order valence-electron chi connectivity index (χ1n) is 7.96. The molecule has 3 rings (SSSR count). The van der Waals surface area contributed by atoms with Gasteiger partial charge in [0.05, 0.1) is 15.9 Å². The molecule has 132 valence electrons.